The molecule has 0 aliphatic carbocycles. The molecule has 0 bridgehead atoms. The number of hydrazone groups is 1. The molecule has 0 atom stereocenters. The summed E-state index contributed by atoms with van der Waals surface area (Å²) in [7, 11) is 1.59. The van der Waals surface area contributed by atoms with Crippen molar-refractivity contribution in [2.75, 3.05) is 7.11 Å². The standard InChI is InChI=1S/C22H22FN3O2/c1-15-11-18(16(2)26(15)20-9-7-19(23)8-10-20)14-24-25-22(27)13-17-5-4-6-21(12-17)28-3/h4-12,14H,13H2,1-3H3,(H,25,27)/b24-14+. The third-order valence-electron chi connectivity index (χ3n) is 4.45. The smallest absolute Gasteiger partial charge is 0.244 e. The average molecular weight is 379 g/mol. The van der Waals surface area contributed by atoms with Gasteiger partial charge in [0.1, 0.15) is 11.6 Å². The minimum absolute atomic E-state index is 0.211. The largest absolute Gasteiger partial charge is 0.497 e. The first kappa shape index (κ1) is 19.4. The van der Waals surface area contributed by atoms with E-state index in [2.05, 4.69) is 10.5 Å². The molecule has 0 fully saturated rings. The summed E-state index contributed by atoms with van der Waals surface area (Å²) in [4.78, 5) is 12.1. The fourth-order valence-corrected chi connectivity index (χ4v) is 3.09. The Morgan fingerprint density at radius 1 is 1.18 bits per heavy atom. The second-order valence-corrected chi connectivity index (χ2v) is 6.46. The zero-order chi connectivity index (χ0) is 20.1. The van der Waals surface area contributed by atoms with Gasteiger partial charge in [-0.05, 0) is 61.9 Å². The van der Waals surface area contributed by atoms with E-state index < -0.39 is 0 Å². The zero-order valence-electron chi connectivity index (χ0n) is 16.1. The highest BCUT2D eigenvalue weighted by atomic mass is 19.1. The normalized spacial score (nSPS) is 11.0. The van der Waals surface area contributed by atoms with Gasteiger partial charge in [-0.15, -0.1) is 0 Å². The van der Waals surface area contributed by atoms with Crippen LogP contribution in [0, 0.1) is 19.7 Å². The lowest BCUT2D eigenvalue weighted by molar-refractivity contribution is -0.120. The molecule has 1 amide bonds. The molecule has 0 spiro atoms. The van der Waals surface area contributed by atoms with Crippen LogP contribution in [0.3, 0.4) is 0 Å². The molecule has 144 valence electrons. The number of methoxy groups -OCH3 is 1. The molecule has 5 nitrogen and oxygen atoms in total. The van der Waals surface area contributed by atoms with Crippen LogP contribution in [0.25, 0.3) is 5.69 Å². The number of benzene rings is 2. The van der Waals surface area contributed by atoms with Crippen molar-refractivity contribution in [2.45, 2.75) is 20.3 Å². The number of hydrogen-bond donors (Lipinski definition) is 1. The molecular weight excluding hydrogens is 357 g/mol. The Labute approximate surface area is 163 Å². The van der Waals surface area contributed by atoms with E-state index in [1.807, 2.05) is 48.7 Å². The molecule has 1 heterocycles. The second kappa shape index (κ2) is 8.52. The molecule has 0 saturated heterocycles. The van der Waals surface area contributed by atoms with Gasteiger partial charge in [0.25, 0.3) is 0 Å². The third kappa shape index (κ3) is 4.46. The van der Waals surface area contributed by atoms with Crippen LogP contribution in [0.1, 0.15) is 22.5 Å². The average Bonchev–Trinajstić information content (AvgIpc) is 2.96. The van der Waals surface area contributed by atoms with E-state index in [1.165, 1.54) is 12.1 Å². The van der Waals surface area contributed by atoms with Crippen molar-refractivity contribution >= 4 is 12.1 Å². The van der Waals surface area contributed by atoms with Crippen LogP contribution in [0.4, 0.5) is 4.39 Å². The number of aromatic nitrogens is 1. The van der Waals surface area contributed by atoms with E-state index in [9.17, 15) is 9.18 Å². The van der Waals surface area contributed by atoms with Gasteiger partial charge >= 0.3 is 0 Å². The molecule has 0 unspecified atom stereocenters. The predicted octanol–water partition coefficient (Wildman–Crippen LogP) is 3.93. The Bertz CT molecular complexity index is 1010. The summed E-state index contributed by atoms with van der Waals surface area (Å²) in [5, 5.41) is 4.07. The predicted molar refractivity (Wildman–Crippen MR) is 108 cm³/mol. The number of ether oxygens (including phenoxy) is 1. The maximum Gasteiger partial charge on any atom is 0.244 e. The van der Waals surface area contributed by atoms with Crippen LogP contribution in [-0.4, -0.2) is 23.8 Å². The lowest BCUT2D eigenvalue weighted by Crippen LogP contribution is -2.19. The van der Waals surface area contributed by atoms with Gasteiger partial charge in [0.05, 0.1) is 19.7 Å². The number of carbonyl (C=O) groups excluding carboxylic acids is 1. The Kier molecular flexibility index (Phi) is 5.89. The lowest BCUT2D eigenvalue weighted by atomic mass is 10.1. The summed E-state index contributed by atoms with van der Waals surface area (Å²) in [6.45, 7) is 3.92. The number of rotatable bonds is 6. The molecule has 3 rings (SSSR count). The fraction of sp³-hybridized carbons (Fsp3) is 0.182. The topological polar surface area (TPSA) is 55.6 Å². The number of aryl methyl sites for hydroxylation is 1. The summed E-state index contributed by atoms with van der Waals surface area (Å²) in [6.07, 6.45) is 1.83. The van der Waals surface area contributed by atoms with Crippen molar-refractivity contribution in [1.29, 1.82) is 0 Å². The monoisotopic (exact) mass is 379 g/mol. The van der Waals surface area contributed by atoms with Crippen LogP contribution in [0.5, 0.6) is 5.75 Å². The third-order valence-corrected chi connectivity index (χ3v) is 4.45. The highest BCUT2D eigenvalue weighted by Gasteiger charge is 2.10. The molecule has 28 heavy (non-hydrogen) atoms. The number of nitrogens with one attached hydrogen (secondary N) is 1. The van der Waals surface area contributed by atoms with E-state index in [4.69, 9.17) is 4.74 Å². The van der Waals surface area contributed by atoms with Gasteiger partial charge in [-0.3, -0.25) is 4.79 Å². The van der Waals surface area contributed by atoms with E-state index in [0.717, 1.165) is 28.2 Å². The highest BCUT2D eigenvalue weighted by Crippen LogP contribution is 2.20. The molecule has 1 aromatic heterocycles. The van der Waals surface area contributed by atoms with Crippen molar-refractivity contribution < 1.29 is 13.9 Å². The minimum Gasteiger partial charge on any atom is -0.497 e. The van der Waals surface area contributed by atoms with Crippen LogP contribution in [-0.2, 0) is 11.2 Å². The lowest BCUT2D eigenvalue weighted by Gasteiger charge is -2.09. The molecule has 1 N–H and O–H groups in total. The fourth-order valence-electron chi connectivity index (χ4n) is 3.09. The van der Waals surface area contributed by atoms with E-state index in [0.29, 0.717) is 5.75 Å². The Morgan fingerprint density at radius 3 is 2.64 bits per heavy atom. The first-order valence-electron chi connectivity index (χ1n) is 8.87. The van der Waals surface area contributed by atoms with Crippen molar-refractivity contribution in [1.82, 2.24) is 9.99 Å². The number of amides is 1. The molecule has 3 aromatic rings. The number of halogens is 1. The van der Waals surface area contributed by atoms with Gasteiger partial charge in [-0.1, -0.05) is 12.1 Å². The summed E-state index contributed by atoms with van der Waals surface area (Å²) in [6, 6.07) is 15.6. The molecule has 0 aliphatic heterocycles. The summed E-state index contributed by atoms with van der Waals surface area (Å²) < 4.78 is 20.3. The Hall–Kier alpha value is -3.41. The number of carbonyl (C=O) groups is 1. The van der Waals surface area contributed by atoms with Gasteiger partial charge < -0.3 is 9.30 Å². The molecule has 0 aliphatic rings. The second-order valence-electron chi connectivity index (χ2n) is 6.46. The maximum absolute atomic E-state index is 13.2. The summed E-state index contributed by atoms with van der Waals surface area (Å²) >= 11 is 0. The molecule has 0 radical (unpaired) electrons. The van der Waals surface area contributed by atoms with Gasteiger partial charge in [0, 0.05) is 22.6 Å². The van der Waals surface area contributed by atoms with Crippen LogP contribution in [0.15, 0.2) is 59.7 Å². The van der Waals surface area contributed by atoms with Crippen molar-refractivity contribution in [3.63, 3.8) is 0 Å². The molecule has 2 aromatic carbocycles. The van der Waals surface area contributed by atoms with Crippen molar-refractivity contribution in [3.05, 3.63) is 82.9 Å². The minimum atomic E-state index is -0.272. The Balaban J connectivity index is 1.68. The van der Waals surface area contributed by atoms with E-state index in [-0.39, 0.29) is 18.1 Å². The first-order valence-corrected chi connectivity index (χ1v) is 8.87. The SMILES string of the molecule is COc1cccc(CC(=O)N/N=C/c2cc(C)n(-c3ccc(F)cc3)c2C)c1. The van der Waals surface area contributed by atoms with Gasteiger partial charge in [-0.2, -0.15) is 5.10 Å². The van der Waals surface area contributed by atoms with Crippen molar-refractivity contribution in [3.8, 4) is 11.4 Å². The van der Waals surface area contributed by atoms with E-state index in [1.54, 1.807) is 25.5 Å². The number of nitrogens with zero attached hydrogens (tertiary/aromatic N) is 2. The Morgan fingerprint density at radius 2 is 1.93 bits per heavy atom. The maximum atomic E-state index is 13.2. The molecular formula is C22H22FN3O2. The van der Waals surface area contributed by atoms with Crippen molar-refractivity contribution in [2.24, 2.45) is 5.10 Å². The van der Waals surface area contributed by atoms with Gasteiger partial charge in [0.2, 0.25) is 5.91 Å². The zero-order valence-corrected chi connectivity index (χ0v) is 16.1. The van der Waals surface area contributed by atoms with Crippen LogP contribution < -0.4 is 10.2 Å². The molecule has 0 saturated carbocycles. The molecule has 6 heteroatoms. The first-order chi connectivity index (χ1) is 13.5. The highest BCUT2D eigenvalue weighted by molar-refractivity contribution is 5.84. The summed E-state index contributed by atoms with van der Waals surface area (Å²) in [5.74, 6) is 0.227. The van der Waals surface area contributed by atoms with E-state index >= 15 is 0 Å². The van der Waals surface area contributed by atoms with Gasteiger partial charge in [-0.25, -0.2) is 9.82 Å². The van der Waals surface area contributed by atoms with Crippen LogP contribution in [0.2, 0.25) is 0 Å². The quantitative estimate of drug-likeness (QED) is 0.521. The number of hydrogen-bond acceptors (Lipinski definition) is 3. The van der Waals surface area contributed by atoms with Crippen LogP contribution >= 0.6 is 0 Å². The summed E-state index contributed by atoms with van der Waals surface area (Å²) in [5.41, 5.74) is 7.10. The van der Waals surface area contributed by atoms with Gasteiger partial charge in [0.15, 0.2) is 0 Å².